The molecule has 2 aromatic rings. The lowest BCUT2D eigenvalue weighted by Crippen LogP contribution is -1.72. The van der Waals surface area contributed by atoms with E-state index in [1.807, 2.05) is 0 Å². The fourth-order valence-corrected chi connectivity index (χ4v) is 0.818. The zero-order valence-corrected chi connectivity index (χ0v) is 5.46. The van der Waals surface area contributed by atoms with Crippen molar-refractivity contribution in [3.8, 4) is 0 Å². The van der Waals surface area contributed by atoms with Gasteiger partial charge in [0.05, 0.1) is 0 Å². The Bertz CT molecular complexity index is 320. The van der Waals surface area contributed by atoms with E-state index >= 15 is 0 Å². The maximum absolute atomic E-state index is 5.14. The van der Waals surface area contributed by atoms with E-state index in [-0.39, 0.29) is 0 Å². The van der Waals surface area contributed by atoms with Crippen LogP contribution in [0.2, 0.25) is 0 Å². The van der Waals surface area contributed by atoms with E-state index in [1.54, 1.807) is 19.2 Å². The highest BCUT2D eigenvalue weighted by molar-refractivity contribution is 5.65. The second kappa shape index (κ2) is 1.80. The second-order valence-electron chi connectivity index (χ2n) is 1.97. The van der Waals surface area contributed by atoms with Gasteiger partial charge in [-0.1, -0.05) is 0 Å². The quantitative estimate of drug-likeness (QED) is 0.544. The lowest BCUT2D eigenvalue weighted by Gasteiger charge is -1.78. The Hall–Kier alpha value is -1.38. The average Bonchev–Trinajstić information content (AvgIpc) is 2.27. The number of rotatable bonds is 0. The molecule has 0 aromatic carbocycles. The summed E-state index contributed by atoms with van der Waals surface area (Å²) in [6, 6.07) is 4.58. The number of pyridine rings is 1. The summed E-state index contributed by atoms with van der Waals surface area (Å²) in [4.78, 5) is 7.97. The summed E-state index contributed by atoms with van der Waals surface area (Å²) >= 11 is 0. The molecule has 0 spiro atoms. The number of oxazole rings is 1. The molecule has 49 valence electrons. The topological polar surface area (TPSA) is 38.9 Å². The molecule has 2 aromatic heterocycles. The molecule has 0 N–H and O–H groups in total. The second-order valence-corrected chi connectivity index (χ2v) is 1.97. The molecular formula is C7H5N2O. The van der Waals surface area contributed by atoms with Crippen LogP contribution in [0, 0.1) is 13.0 Å². The van der Waals surface area contributed by atoms with Crippen molar-refractivity contribution in [2.45, 2.75) is 6.92 Å². The summed E-state index contributed by atoms with van der Waals surface area (Å²) in [5.41, 5.74) is 1.25. The Labute approximate surface area is 57.7 Å². The molecule has 3 heteroatoms. The molecule has 0 saturated heterocycles. The third kappa shape index (κ3) is 0.673. The van der Waals surface area contributed by atoms with Gasteiger partial charge in [0, 0.05) is 19.2 Å². The number of hydrogen-bond acceptors (Lipinski definition) is 3. The van der Waals surface area contributed by atoms with Crippen molar-refractivity contribution in [1.82, 2.24) is 9.97 Å². The standard InChI is InChI=1S/C7H5N2O/c1-5-9-7-6(10-5)3-2-4-8-7/h2,4H,1H3. The van der Waals surface area contributed by atoms with Gasteiger partial charge in [-0.15, -0.1) is 0 Å². The zero-order chi connectivity index (χ0) is 6.97. The van der Waals surface area contributed by atoms with Gasteiger partial charge in [0.15, 0.2) is 17.1 Å². The molecule has 0 bridgehead atoms. The number of nitrogens with zero attached hydrogens (tertiary/aromatic N) is 2. The van der Waals surface area contributed by atoms with Crippen LogP contribution in [0.4, 0.5) is 0 Å². The van der Waals surface area contributed by atoms with Gasteiger partial charge in [0.25, 0.3) is 0 Å². The maximum Gasteiger partial charge on any atom is 0.199 e. The number of aromatic nitrogens is 2. The summed E-state index contributed by atoms with van der Waals surface area (Å²) in [5.74, 6) is 0.630. The zero-order valence-electron chi connectivity index (χ0n) is 5.46. The van der Waals surface area contributed by atoms with Crippen LogP contribution in [0.5, 0.6) is 0 Å². The summed E-state index contributed by atoms with van der Waals surface area (Å²) in [6.45, 7) is 1.79. The van der Waals surface area contributed by atoms with E-state index in [9.17, 15) is 0 Å². The molecule has 0 fully saturated rings. The van der Waals surface area contributed by atoms with Crippen LogP contribution in [-0.2, 0) is 0 Å². The highest BCUT2D eigenvalue weighted by atomic mass is 16.3. The summed E-state index contributed by atoms with van der Waals surface area (Å²) in [7, 11) is 0. The molecule has 10 heavy (non-hydrogen) atoms. The molecule has 0 aliphatic heterocycles. The molecule has 0 saturated carbocycles. The number of aryl methyl sites for hydroxylation is 1. The Kier molecular flexibility index (Phi) is 0.974. The van der Waals surface area contributed by atoms with Crippen molar-refractivity contribution in [3.05, 3.63) is 24.2 Å². The first-order valence-electron chi connectivity index (χ1n) is 2.96. The van der Waals surface area contributed by atoms with Gasteiger partial charge in [-0.2, -0.15) is 4.98 Å². The van der Waals surface area contributed by atoms with Crippen LogP contribution in [0.25, 0.3) is 11.2 Å². The van der Waals surface area contributed by atoms with Crippen LogP contribution in [0.1, 0.15) is 5.89 Å². The highest BCUT2D eigenvalue weighted by Crippen LogP contribution is 2.09. The van der Waals surface area contributed by atoms with E-state index in [2.05, 4.69) is 16.0 Å². The van der Waals surface area contributed by atoms with Gasteiger partial charge in [-0.25, -0.2) is 4.98 Å². The lowest BCUT2D eigenvalue weighted by atomic mass is 10.5. The predicted octanol–water partition coefficient (Wildman–Crippen LogP) is 1.33. The van der Waals surface area contributed by atoms with Gasteiger partial charge in [-0.3, -0.25) is 0 Å². The Morgan fingerprint density at radius 1 is 1.60 bits per heavy atom. The minimum atomic E-state index is 0.625. The predicted molar refractivity (Wildman–Crippen MR) is 35.4 cm³/mol. The largest absolute Gasteiger partial charge is 0.439 e. The van der Waals surface area contributed by atoms with Gasteiger partial charge in [0.2, 0.25) is 0 Å². The van der Waals surface area contributed by atoms with Crippen LogP contribution >= 0.6 is 0 Å². The van der Waals surface area contributed by atoms with Gasteiger partial charge in [-0.05, 0) is 6.07 Å². The van der Waals surface area contributed by atoms with E-state index in [0.29, 0.717) is 17.1 Å². The van der Waals surface area contributed by atoms with Crippen molar-refractivity contribution in [2.75, 3.05) is 0 Å². The van der Waals surface area contributed by atoms with E-state index in [1.165, 1.54) is 0 Å². The summed E-state index contributed by atoms with van der Waals surface area (Å²) in [6.07, 6.45) is 1.64. The molecule has 0 atom stereocenters. The molecule has 0 amide bonds. The first-order valence-corrected chi connectivity index (χ1v) is 2.96. The van der Waals surface area contributed by atoms with Crippen molar-refractivity contribution in [1.29, 1.82) is 0 Å². The number of hydrogen-bond donors (Lipinski definition) is 0. The first kappa shape index (κ1) is 5.41. The van der Waals surface area contributed by atoms with Crippen molar-refractivity contribution in [3.63, 3.8) is 0 Å². The summed E-state index contributed by atoms with van der Waals surface area (Å²) in [5, 5.41) is 0. The fraction of sp³-hybridized carbons (Fsp3) is 0.143. The van der Waals surface area contributed by atoms with Gasteiger partial charge < -0.3 is 4.42 Å². The Morgan fingerprint density at radius 2 is 2.50 bits per heavy atom. The third-order valence-electron chi connectivity index (χ3n) is 1.20. The molecule has 2 heterocycles. The van der Waals surface area contributed by atoms with Crippen molar-refractivity contribution in [2.24, 2.45) is 0 Å². The average molecular weight is 133 g/mol. The van der Waals surface area contributed by atoms with Crippen LogP contribution in [-0.4, -0.2) is 9.97 Å². The molecule has 0 unspecified atom stereocenters. The van der Waals surface area contributed by atoms with Crippen LogP contribution in [0.15, 0.2) is 16.7 Å². The molecule has 0 aliphatic rings. The van der Waals surface area contributed by atoms with Crippen molar-refractivity contribution >= 4 is 11.2 Å². The van der Waals surface area contributed by atoms with Gasteiger partial charge in [0.1, 0.15) is 0 Å². The fourth-order valence-electron chi connectivity index (χ4n) is 0.818. The van der Waals surface area contributed by atoms with Crippen LogP contribution < -0.4 is 0 Å². The smallest absolute Gasteiger partial charge is 0.199 e. The molecular weight excluding hydrogens is 128 g/mol. The van der Waals surface area contributed by atoms with E-state index in [4.69, 9.17) is 4.42 Å². The lowest BCUT2D eigenvalue weighted by molar-refractivity contribution is 0.560. The highest BCUT2D eigenvalue weighted by Gasteiger charge is 1.99. The Morgan fingerprint density at radius 3 is 3.30 bits per heavy atom. The molecule has 3 nitrogen and oxygen atoms in total. The third-order valence-corrected chi connectivity index (χ3v) is 1.20. The van der Waals surface area contributed by atoms with Gasteiger partial charge >= 0.3 is 0 Å². The monoisotopic (exact) mass is 133 g/mol. The molecule has 2 rings (SSSR count). The minimum Gasteiger partial charge on any atom is -0.439 e. The minimum absolute atomic E-state index is 0.625. The van der Waals surface area contributed by atoms with E-state index in [0.717, 1.165) is 0 Å². The Balaban J connectivity index is 2.88. The van der Waals surface area contributed by atoms with Crippen LogP contribution in [0.3, 0.4) is 0 Å². The normalized spacial score (nSPS) is 10.5. The first-order chi connectivity index (χ1) is 4.86. The van der Waals surface area contributed by atoms with E-state index < -0.39 is 0 Å². The molecule has 1 radical (unpaired) electrons. The number of fused-ring (bicyclic) bond motifs is 1. The SMILES string of the molecule is Cc1nc2ncc[c]c2o1. The summed E-state index contributed by atoms with van der Waals surface area (Å²) < 4.78 is 5.14. The van der Waals surface area contributed by atoms with Crippen molar-refractivity contribution < 1.29 is 4.42 Å². The maximum atomic E-state index is 5.14. The molecule has 0 aliphatic carbocycles.